The SMILES string of the molecule is CC(C)[C@H]1CN(C)CCN1Cc1cc2c(c(C(F)(F)F)c1)CN(c1cccc(C3(C(F)(F)c4nncn4C)CC3)c1)C2=O. The predicted molar refractivity (Wildman–Crippen MR) is 151 cm³/mol. The van der Waals surface area contributed by atoms with Gasteiger partial charge in [-0.3, -0.25) is 9.69 Å². The Morgan fingerprint density at radius 1 is 1.05 bits per heavy atom. The maximum absolute atomic E-state index is 15.8. The standard InChI is InChI=1S/C31H35F5N6O/c1-19(2)26-17-39(3)10-11-41(26)15-20-12-23-24(25(13-20)31(34,35)36)16-42(27(23)43)22-7-5-6-21(14-22)29(8-9-29)30(32,33)28-38-37-18-40(28)4/h5-7,12-14,18-19,26H,8-11,15-17H2,1-4H3/t26-/m1/s1. The molecule has 0 spiro atoms. The normalized spacial score (nSPS) is 21.1. The number of aromatic nitrogens is 3. The summed E-state index contributed by atoms with van der Waals surface area (Å²) in [6.45, 7) is 6.55. The highest BCUT2D eigenvalue weighted by molar-refractivity contribution is 6.10. The molecule has 6 rings (SSSR count). The Morgan fingerprint density at radius 3 is 2.42 bits per heavy atom. The monoisotopic (exact) mass is 602 g/mol. The smallest absolute Gasteiger partial charge is 0.316 e. The van der Waals surface area contributed by atoms with Gasteiger partial charge in [0.05, 0.1) is 17.5 Å². The van der Waals surface area contributed by atoms with Crippen molar-refractivity contribution in [2.45, 2.75) is 63.3 Å². The molecule has 1 aliphatic carbocycles. The van der Waals surface area contributed by atoms with Gasteiger partial charge in [0.1, 0.15) is 6.33 Å². The molecule has 0 unspecified atom stereocenters. The fraction of sp³-hybridized carbons (Fsp3) is 0.516. The Balaban J connectivity index is 1.33. The van der Waals surface area contributed by atoms with E-state index in [0.717, 1.165) is 13.1 Å². The van der Waals surface area contributed by atoms with Crippen LogP contribution in [0.5, 0.6) is 0 Å². The Bertz CT molecular complexity index is 1550. The van der Waals surface area contributed by atoms with E-state index >= 15 is 8.78 Å². The van der Waals surface area contributed by atoms with Gasteiger partial charge in [0.15, 0.2) is 0 Å². The highest BCUT2D eigenvalue weighted by Gasteiger charge is 2.65. The maximum Gasteiger partial charge on any atom is 0.416 e. The van der Waals surface area contributed by atoms with Gasteiger partial charge in [0, 0.05) is 50.5 Å². The number of alkyl halides is 5. The van der Waals surface area contributed by atoms with Crippen molar-refractivity contribution in [1.29, 1.82) is 0 Å². The van der Waals surface area contributed by atoms with Crippen molar-refractivity contribution >= 4 is 11.6 Å². The fourth-order valence-corrected chi connectivity index (χ4v) is 6.74. The molecule has 1 atom stereocenters. The number of aryl methyl sites for hydroxylation is 1. The number of amides is 1. The van der Waals surface area contributed by atoms with Crippen molar-refractivity contribution in [1.82, 2.24) is 24.6 Å². The van der Waals surface area contributed by atoms with E-state index in [2.05, 4.69) is 33.8 Å². The molecule has 7 nitrogen and oxygen atoms in total. The number of halogens is 5. The number of benzene rings is 2. The van der Waals surface area contributed by atoms with E-state index < -0.39 is 34.8 Å². The molecule has 1 saturated carbocycles. The van der Waals surface area contributed by atoms with Gasteiger partial charge in [0.2, 0.25) is 5.82 Å². The van der Waals surface area contributed by atoms with Gasteiger partial charge in [-0.05, 0) is 66.8 Å². The second-order valence-electron chi connectivity index (χ2n) is 12.6. The molecule has 2 aliphatic heterocycles. The number of nitrogens with zero attached hydrogens (tertiary/aromatic N) is 6. The summed E-state index contributed by atoms with van der Waals surface area (Å²) in [6, 6.07) is 9.16. The lowest BCUT2D eigenvalue weighted by Crippen LogP contribution is -2.53. The highest BCUT2D eigenvalue weighted by atomic mass is 19.4. The number of rotatable bonds is 7. The Labute approximate surface area is 247 Å². The molecule has 0 N–H and O–H groups in total. The molecule has 1 aromatic heterocycles. The van der Waals surface area contributed by atoms with Crippen LogP contribution in [-0.4, -0.2) is 63.2 Å². The quantitative estimate of drug-likeness (QED) is 0.330. The van der Waals surface area contributed by atoms with Crippen LogP contribution >= 0.6 is 0 Å². The summed E-state index contributed by atoms with van der Waals surface area (Å²) in [4.78, 5) is 19.4. The van der Waals surface area contributed by atoms with Gasteiger partial charge in [-0.2, -0.15) is 22.0 Å². The lowest BCUT2D eigenvalue weighted by Gasteiger charge is -2.42. The van der Waals surface area contributed by atoms with Crippen LogP contribution in [0.3, 0.4) is 0 Å². The number of fused-ring (bicyclic) bond motifs is 1. The van der Waals surface area contributed by atoms with Crippen LogP contribution in [0, 0.1) is 5.92 Å². The van der Waals surface area contributed by atoms with Crippen LogP contribution in [0.15, 0.2) is 42.7 Å². The van der Waals surface area contributed by atoms with Gasteiger partial charge in [-0.15, -0.1) is 10.2 Å². The van der Waals surface area contributed by atoms with Crippen molar-refractivity contribution in [3.8, 4) is 0 Å². The van der Waals surface area contributed by atoms with Crippen LogP contribution in [-0.2, 0) is 37.7 Å². The average molecular weight is 603 g/mol. The molecular weight excluding hydrogens is 567 g/mol. The van der Waals surface area contributed by atoms with Crippen molar-refractivity contribution in [2.24, 2.45) is 13.0 Å². The van der Waals surface area contributed by atoms with Crippen molar-refractivity contribution in [2.75, 3.05) is 31.6 Å². The van der Waals surface area contributed by atoms with Crippen LogP contribution in [0.2, 0.25) is 0 Å². The minimum atomic E-state index is -4.66. The third kappa shape index (κ3) is 5.02. The van der Waals surface area contributed by atoms with Crippen molar-refractivity contribution in [3.05, 3.63) is 76.4 Å². The van der Waals surface area contributed by atoms with Gasteiger partial charge in [-0.25, -0.2) is 0 Å². The van der Waals surface area contributed by atoms with E-state index in [9.17, 15) is 18.0 Å². The van der Waals surface area contributed by atoms with Crippen LogP contribution in [0.1, 0.15) is 65.1 Å². The van der Waals surface area contributed by atoms with Gasteiger partial charge >= 0.3 is 12.1 Å². The Morgan fingerprint density at radius 2 is 1.79 bits per heavy atom. The van der Waals surface area contributed by atoms with E-state index in [4.69, 9.17) is 0 Å². The van der Waals surface area contributed by atoms with Crippen LogP contribution < -0.4 is 4.90 Å². The first-order valence-electron chi connectivity index (χ1n) is 14.5. The number of anilines is 1. The van der Waals surface area contributed by atoms with E-state index in [0.29, 0.717) is 30.1 Å². The lowest BCUT2D eigenvalue weighted by molar-refractivity contribution is -0.138. The molecule has 12 heteroatoms. The molecule has 3 heterocycles. The second-order valence-corrected chi connectivity index (χ2v) is 12.6. The Kier molecular flexibility index (Phi) is 7.15. The third-order valence-electron chi connectivity index (χ3n) is 9.35. The molecule has 0 bridgehead atoms. The number of carbonyl (C=O) groups is 1. The number of piperazine rings is 1. The zero-order chi connectivity index (χ0) is 30.9. The molecule has 3 aliphatic rings. The average Bonchev–Trinajstić information content (AvgIpc) is 3.56. The number of hydrogen-bond acceptors (Lipinski definition) is 5. The van der Waals surface area contributed by atoms with E-state index in [-0.39, 0.29) is 42.2 Å². The molecular formula is C31H35F5N6O. The first-order chi connectivity index (χ1) is 20.2. The summed E-state index contributed by atoms with van der Waals surface area (Å²) < 4.78 is 75.9. The zero-order valence-corrected chi connectivity index (χ0v) is 24.6. The summed E-state index contributed by atoms with van der Waals surface area (Å²) >= 11 is 0. The van der Waals surface area contributed by atoms with Crippen LogP contribution in [0.4, 0.5) is 27.6 Å². The summed E-state index contributed by atoms with van der Waals surface area (Å²) in [6.07, 6.45) is -3.03. The molecule has 1 amide bonds. The van der Waals surface area contributed by atoms with E-state index in [1.807, 2.05) is 7.05 Å². The summed E-state index contributed by atoms with van der Waals surface area (Å²) in [5.41, 5.74) is -1.40. The molecule has 2 aromatic carbocycles. The van der Waals surface area contributed by atoms with Gasteiger partial charge < -0.3 is 14.4 Å². The fourth-order valence-electron chi connectivity index (χ4n) is 6.74. The lowest BCUT2D eigenvalue weighted by atomic mass is 9.88. The number of hydrogen-bond donors (Lipinski definition) is 0. The number of carbonyl (C=O) groups excluding carboxylic acids is 1. The first-order valence-corrected chi connectivity index (χ1v) is 14.5. The molecule has 230 valence electrons. The van der Waals surface area contributed by atoms with E-state index in [1.54, 1.807) is 24.3 Å². The third-order valence-corrected chi connectivity index (χ3v) is 9.35. The minimum absolute atomic E-state index is 0.0102. The largest absolute Gasteiger partial charge is 0.416 e. The van der Waals surface area contributed by atoms with E-state index in [1.165, 1.54) is 35.0 Å². The molecule has 0 radical (unpaired) electrons. The van der Waals surface area contributed by atoms with Gasteiger partial charge in [-0.1, -0.05) is 26.0 Å². The van der Waals surface area contributed by atoms with Crippen LogP contribution in [0.25, 0.3) is 0 Å². The predicted octanol–water partition coefficient (Wildman–Crippen LogP) is 5.59. The second kappa shape index (κ2) is 10.4. The van der Waals surface area contributed by atoms with Crippen molar-refractivity contribution < 1.29 is 26.7 Å². The summed E-state index contributed by atoms with van der Waals surface area (Å²) in [5.74, 6) is -4.05. The molecule has 3 aromatic rings. The van der Waals surface area contributed by atoms with Crippen molar-refractivity contribution in [3.63, 3.8) is 0 Å². The first kappa shape index (κ1) is 29.7. The molecule has 43 heavy (non-hydrogen) atoms. The maximum atomic E-state index is 15.8. The topological polar surface area (TPSA) is 57.5 Å². The van der Waals surface area contributed by atoms with Gasteiger partial charge in [0.25, 0.3) is 5.91 Å². The zero-order valence-electron chi connectivity index (χ0n) is 24.6. The molecule has 1 saturated heterocycles. The summed E-state index contributed by atoms with van der Waals surface area (Å²) in [5, 5.41) is 7.25. The summed E-state index contributed by atoms with van der Waals surface area (Å²) in [7, 11) is 3.49. The Hall–Kier alpha value is -3.38. The molecule has 2 fully saturated rings. The minimum Gasteiger partial charge on any atom is -0.316 e. The number of likely N-dealkylation sites (N-methyl/N-ethyl adjacent to an activating group) is 1. The highest BCUT2D eigenvalue weighted by Crippen LogP contribution is 2.62.